The molecule has 1 aromatic heterocycles. The molecule has 0 aromatic carbocycles. The van der Waals surface area contributed by atoms with E-state index in [1.54, 1.807) is 24.1 Å². The molecule has 0 aliphatic heterocycles. The van der Waals surface area contributed by atoms with Gasteiger partial charge in [0.15, 0.2) is 0 Å². The van der Waals surface area contributed by atoms with Gasteiger partial charge >= 0.3 is 0 Å². The van der Waals surface area contributed by atoms with Crippen LogP contribution in [0, 0.1) is 5.92 Å². The summed E-state index contributed by atoms with van der Waals surface area (Å²) in [4.78, 5) is 11.7. The zero-order valence-corrected chi connectivity index (χ0v) is 8.55. The molecule has 5 nitrogen and oxygen atoms in total. The summed E-state index contributed by atoms with van der Waals surface area (Å²) in [5.74, 6) is -0.132. The van der Waals surface area contributed by atoms with Crippen LogP contribution in [-0.4, -0.2) is 21.7 Å². The lowest BCUT2D eigenvalue weighted by molar-refractivity contribution is -0.118. The van der Waals surface area contributed by atoms with Crippen molar-refractivity contribution in [3.63, 3.8) is 0 Å². The third-order valence-electron chi connectivity index (χ3n) is 2.43. The summed E-state index contributed by atoms with van der Waals surface area (Å²) >= 11 is 0. The Hall–Kier alpha value is -1.62. The van der Waals surface area contributed by atoms with Gasteiger partial charge in [-0.1, -0.05) is 12.2 Å². The van der Waals surface area contributed by atoms with E-state index in [-0.39, 0.29) is 17.9 Å². The SMILES string of the molecule is Cn1cc(NC(=O)C2C=CC(N)C2)cn1. The van der Waals surface area contributed by atoms with E-state index in [2.05, 4.69) is 10.4 Å². The first kappa shape index (κ1) is 9.92. The van der Waals surface area contributed by atoms with Crippen molar-refractivity contribution in [3.8, 4) is 0 Å². The summed E-state index contributed by atoms with van der Waals surface area (Å²) < 4.78 is 1.64. The second kappa shape index (κ2) is 3.86. The first-order valence-electron chi connectivity index (χ1n) is 4.88. The molecule has 2 rings (SSSR count). The number of rotatable bonds is 2. The Balaban J connectivity index is 1.96. The molecule has 1 aliphatic rings. The minimum atomic E-state index is -0.111. The Morgan fingerprint density at radius 3 is 3.00 bits per heavy atom. The van der Waals surface area contributed by atoms with Gasteiger partial charge in [-0.05, 0) is 6.42 Å². The molecular weight excluding hydrogens is 192 g/mol. The van der Waals surface area contributed by atoms with E-state index >= 15 is 0 Å². The number of hydrogen-bond acceptors (Lipinski definition) is 3. The maximum Gasteiger partial charge on any atom is 0.231 e. The standard InChI is InChI=1S/C10H14N4O/c1-14-6-9(5-12-14)13-10(15)7-2-3-8(11)4-7/h2-3,5-8H,4,11H2,1H3,(H,13,15). The Morgan fingerprint density at radius 2 is 2.47 bits per heavy atom. The Bertz CT molecular complexity index is 396. The van der Waals surface area contributed by atoms with Gasteiger partial charge in [-0.25, -0.2) is 0 Å². The molecule has 15 heavy (non-hydrogen) atoms. The fraction of sp³-hybridized carbons (Fsp3) is 0.400. The van der Waals surface area contributed by atoms with E-state index in [9.17, 15) is 4.79 Å². The lowest BCUT2D eigenvalue weighted by Gasteiger charge is -2.08. The number of nitrogens with one attached hydrogen (secondary N) is 1. The quantitative estimate of drug-likeness (QED) is 0.682. The Morgan fingerprint density at radius 1 is 1.67 bits per heavy atom. The summed E-state index contributed by atoms with van der Waals surface area (Å²) in [5, 5.41) is 6.77. The smallest absolute Gasteiger partial charge is 0.231 e. The first-order chi connectivity index (χ1) is 7.15. The summed E-state index contributed by atoms with van der Waals surface area (Å²) in [6, 6.07) is 0.00893. The molecule has 0 saturated heterocycles. The van der Waals surface area contributed by atoms with Gasteiger partial charge in [-0.3, -0.25) is 9.48 Å². The maximum absolute atomic E-state index is 11.7. The number of aryl methyl sites for hydroxylation is 1. The van der Waals surface area contributed by atoms with Crippen LogP contribution in [0.15, 0.2) is 24.5 Å². The van der Waals surface area contributed by atoms with Crippen LogP contribution in [0.5, 0.6) is 0 Å². The van der Waals surface area contributed by atoms with Crippen molar-refractivity contribution in [2.75, 3.05) is 5.32 Å². The Labute approximate surface area is 87.9 Å². The van der Waals surface area contributed by atoms with Crippen LogP contribution in [0.1, 0.15) is 6.42 Å². The molecule has 0 saturated carbocycles. The van der Waals surface area contributed by atoms with Crippen LogP contribution < -0.4 is 11.1 Å². The van der Waals surface area contributed by atoms with Crippen molar-refractivity contribution in [1.82, 2.24) is 9.78 Å². The van der Waals surface area contributed by atoms with E-state index in [1.165, 1.54) is 0 Å². The lowest BCUT2D eigenvalue weighted by Crippen LogP contribution is -2.23. The molecule has 0 spiro atoms. The van der Waals surface area contributed by atoms with Gasteiger partial charge in [0.05, 0.1) is 17.8 Å². The normalized spacial score (nSPS) is 24.4. The number of anilines is 1. The predicted octanol–water partition coefficient (Wildman–Crippen LogP) is 0.262. The minimum absolute atomic E-state index is 0.00893. The molecule has 3 N–H and O–H groups in total. The number of nitrogens with two attached hydrogens (primary N) is 1. The monoisotopic (exact) mass is 206 g/mol. The zero-order valence-electron chi connectivity index (χ0n) is 8.55. The van der Waals surface area contributed by atoms with E-state index < -0.39 is 0 Å². The molecule has 1 aliphatic carbocycles. The topological polar surface area (TPSA) is 72.9 Å². The van der Waals surface area contributed by atoms with Crippen molar-refractivity contribution in [3.05, 3.63) is 24.5 Å². The van der Waals surface area contributed by atoms with E-state index in [0.717, 1.165) is 5.69 Å². The number of aromatic nitrogens is 2. The van der Waals surface area contributed by atoms with Crippen LogP contribution in [0.25, 0.3) is 0 Å². The summed E-state index contributed by atoms with van der Waals surface area (Å²) in [6.07, 6.45) is 7.79. The molecule has 2 unspecified atom stereocenters. The number of hydrogen-bond donors (Lipinski definition) is 2. The van der Waals surface area contributed by atoms with Crippen LogP contribution in [-0.2, 0) is 11.8 Å². The number of carbonyl (C=O) groups is 1. The number of nitrogens with zero attached hydrogens (tertiary/aromatic N) is 2. The van der Waals surface area contributed by atoms with Gasteiger partial charge in [0.25, 0.3) is 0 Å². The molecule has 5 heteroatoms. The largest absolute Gasteiger partial charge is 0.324 e. The van der Waals surface area contributed by atoms with Crippen molar-refractivity contribution in [2.24, 2.45) is 18.7 Å². The van der Waals surface area contributed by atoms with Gasteiger partial charge in [-0.15, -0.1) is 0 Å². The lowest BCUT2D eigenvalue weighted by atomic mass is 10.1. The average molecular weight is 206 g/mol. The second-order valence-electron chi connectivity index (χ2n) is 3.78. The summed E-state index contributed by atoms with van der Waals surface area (Å²) in [6.45, 7) is 0. The highest BCUT2D eigenvalue weighted by molar-refractivity contribution is 5.93. The van der Waals surface area contributed by atoms with E-state index in [4.69, 9.17) is 5.73 Å². The van der Waals surface area contributed by atoms with E-state index in [0.29, 0.717) is 6.42 Å². The van der Waals surface area contributed by atoms with Crippen molar-refractivity contribution in [1.29, 1.82) is 0 Å². The predicted molar refractivity (Wildman–Crippen MR) is 57.1 cm³/mol. The van der Waals surface area contributed by atoms with E-state index in [1.807, 2.05) is 12.2 Å². The van der Waals surface area contributed by atoms with Crippen molar-refractivity contribution < 1.29 is 4.79 Å². The molecular formula is C10H14N4O. The van der Waals surface area contributed by atoms with Crippen LogP contribution in [0.4, 0.5) is 5.69 Å². The number of amides is 1. The molecule has 80 valence electrons. The molecule has 0 bridgehead atoms. The highest BCUT2D eigenvalue weighted by Crippen LogP contribution is 2.18. The van der Waals surface area contributed by atoms with Gasteiger partial charge in [0.2, 0.25) is 5.91 Å². The second-order valence-corrected chi connectivity index (χ2v) is 3.78. The Kier molecular flexibility index (Phi) is 2.55. The van der Waals surface area contributed by atoms with Crippen molar-refractivity contribution >= 4 is 11.6 Å². The van der Waals surface area contributed by atoms with Crippen molar-refractivity contribution in [2.45, 2.75) is 12.5 Å². The average Bonchev–Trinajstić information content (AvgIpc) is 2.75. The third kappa shape index (κ3) is 2.24. The molecule has 1 amide bonds. The maximum atomic E-state index is 11.7. The van der Waals surface area contributed by atoms with Crippen LogP contribution in [0.2, 0.25) is 0 Å². The van der Waals surface area contributed by atoms with Crippen LogP contribution in [0.3, 0.4) is 0 Å². The van der Waals surface area contributed by atoms with Gasteiger partial charge < -0.3 is 11.1 Å². The first-order valence-corrected chi connectivity index (χ1v) is 4.88. The summed E-state index contributed by atoms with van der Waals surface area (Å²) in [5.41, 5.74) is 6.40. The molecule has 0 radical (unpaired) electrons. The molecule has 2 atom stereocenters. The van der Waals surface area contributed by atoms with Gasteiger partial charge in [0, 0.05) is 19.3 Å². The fourth-order valence-electron chi connectivity index (χ4n) is 1.64. The number of carbonyl (C=O) groups excluding carboxylic acids is 1. The molecule has 0 fully saturated rings. The van der Waals surface area contributed by atoms with Gasteiger partial charge in [0.1, 0.15) is 0 Å². The molecule has 1 heterocycles. The molecule has 1 aromatic rings. The van der Waals surface area contributed by atoms with Crippen LogP contribution >= 0.6 is 0 Å². The van der Waals surface area contributed by atoms with Gasteiger partial charge in [-0.2, -0.15) is 5.10 Å². The fourth-order valence-corrected chi connectivity index (χ4v) is 1.64. The summed E-state index contributed by atoms with van der Waals surface area (Å²) in [7, 11) is 1.81. The third-order valence-corrected chi connectivity index (χ3v) is 2.43. The minimum Gasteiger partial charge on any atom is -0.324 e. The highest BCUT2D eigenvalue weighted by atomic mass is 16.1. The highest BCUT2D eigenvalue weighted by Gasteiger charge is 2.22. The zero-order chi connectivity index (χ0) is 10.8.